The van der Waals surface area contributed by atoms with Gasteiger partial charge in [-0.3, -0.25) is 4.18 Å². The van der Waals surface area contributed by atoms with Crippen LogP contribution in [0.2, 0.25) is 0 Å². The summed E-state index contributed by atoms with van der Waals surface area (Å²) in [6.45, 7) is 1.71. The average Bonchev–Trinajstić information content (AvgIpc) is 2.01. The molecule has 1 unspecified atom stereocenters. The number of rotatable bonds is 7. The van der Waals surface area contributed by atoms with Crippen molar-refractivity contribution in [3.63, 3.8) is 0 Å². The Morgan fingerprint density at radius 1 is 1.31 bits per heavy atom. The molecule has 16 heavy (non-hydrogen) atoms. The Morgan fingerprint density at radius 3 is 2.12 bits per heavy atom. The van der Waals surface area contributed by atoms with Crippen molar-refractivity contribution >= 4 is 10.4 Å². The summed E-state index contributed by atoms with van der Waals surface area (Å²) in [5.74, 6) is 0. The molecule has 4 N–H and O–H groups in total. The van der Waals surface area contributed by atoms with Crippen LogP contribution in [0.25, 0.3) is 0 Å². The molecule has 0 spiro atoms. The molecule has 0 fully saturated rings. The van der Waals surface area contributed by atoms with Crippen molar-refractivity contribution in [2.45, 2.75) is 6.92 Å². The second-order valence-electron chi connectivity index (χ2n) is 3.26. The van der Waals surface area contributed by atoms with Gasteiger partial charge in [0.05, 0.1) is 13.2 Å². The van der Waals surface area contributed by atoms with Gasteiger partial charge in [0.1, 0.15) is 0 Å². The maximum absolute atomic E-state index is 10.2. The summed E-state index contributed by atoms with van der Waals surface area (Å²) in [5, 5.41) is 0. The van der Waals surface area contributed by atoms with E-state index in [0.29, 0.717) is 0 Å². The predicted octanol–water partition coefficient (Wildman–Crippen LogP) is 0.300. The average molecular weight is 511 g/mol. The van der Waals surface area contributed by atoms with Crippen molar-refractivity contribution < 1.29 is 26.6 Å². The predicted molar refractivity (Wildman–Crippen MR) is 52.9 cm³/mol. The first kappa shape index (κ1) is 20.2. The molecule has 1 atom stereocenters. The molecule has 0 aromatic heterocycles. The Balaban J connectivity index is -0.000000845. The van der Waals surface area contributed by atoms with Gasteiger partial charge >= 0.3 is 0 Å². The van der Waals surface area contributed by atoms with Crippen LogP contribution < -0.4 is 6.15 Å². The SMILES string of the molecule is [CH2-]OCC(C)(COC)COS(=O)(=O)[O-].[NH4+].[Rf]. The molecule has 0 aliphatic carbocycles. The first-order chi connectivity index (χ1) is 6.33. The monoisotopic (exact) mass is 511 g/mol. The molecule has 0 aliphatic rings. The zero-order valence-corrected chi connectivity index (χ0v) is 17.1. The summed E-state index contributed by atoms with van der Waals surface area (Å²) in [7, 11) is -0.0653. The van der Waals surface area contributed by atoms with Gasteiger partial charge < -0.3 is 20.2 Å². The molecule has 0 bridgehead atoms. The topological polar surface area (TPSA) is 121 Å². The number of methoxy groups -OCH3 is 1. The smallest absolute Gasteiger partial charge is 0.217 e. The molecule has 9 heteroatoms. The Kier molecular flexibility index (Phi) is 10.1. The molecule has 7 nitrogen and oxygen atoms in total. The minimum atomic E-state index is -4.68. The van der Waals surface area contributed by atoms with Gasteiger partial charge in [0.25, 0.3) is 0 Å². The standard InChI is InChI=1S/C7H15O6S.H3N.Rf/c1-7(4-11-2,5-12-3)6-13-14(8,9)10;;/h2,4-6H2,1,3H3,(H,8,9,10);1H3;/q-1;;. The molecule has 96 valence electrons. The van der Waals surface area contributed by atoms with E-state index in [9.17, 15) is 13.0 Å². The third-order valence-electron chi connectivity index (χ3n) is 1.50. The van der Waals surface area contributed by atoms with Crippen LogP contribution >= 0.6 is 0 Å². The molecule has 0 radical (unpaired) electrons. The van der Waals surface area contributed by atoms with Gasteiger partial charge in [-0.05, 0) is 0 Å². The van der Waals surface area contributed by atoms with Crippen LogP contribution in [0.5, 0.6) is 0 Å². The van der Waals surface area contributed by atoms with Gasteiger partial charge in [0.15, 0.2) is 0 Å². The number of quaternary nitrogens is 1. The third-order valence-corrected chi connectivity index (χ3v) is 1.90. The number of hydrogen-bond donors (Lipinski definition) is 1. The zero-order valence-electron chi connectivity index (χ0n) is 9.89. The van der Waals surface area contributed by atoms with E-state index in [1.54, 1.807) is 6.92 Å². The van der Waals surface area contributed by atoms with Crippen LogP contribution in [0, 0.1) is 12.5 Å². The Hall–Kier alpha value is -1.25. The molecule has 0 heterocycles. The number of ether oxygens (including phenoxy) is 2. The molecule has 0 aliphatic heterocycles. The summed E-state index contributed by atoms with van der Waals surface area (Å²) in [5.41, 5.74) is -0.700. The second-order valence-corrected chi connectivity index (χ2v) is 4.31. The summed E-state index contributed by atoms with van der Waals surface area (Å²) in [6.07, 6.45) is 0. The summed E-state index contributed by atoms with van der Waals surface area (Å²) in [4.78, 5) is 0. The van der Waals surface area contributed by atoms with Crippen molar-refractivity contribution in [1.82, 2.24) is 6.15 Å². The van der Waals surface area contributed by atoms with E-state index in [1.165, 1.54) is 7.11 Å². The maximum Gasteiger partial charge on any atom is 0.217 e. The summed E-state index contributed by atoms with van der Waals surface area (Å²) < 4.78 is 44.2. The van der Waals surface area contributed by atoms with E-state index in [4.69, 9.17) is 4.74 Å². The normalized spacial score (nSPS) is 14.5. The molecule has 0 rings (SSSR count). The first-order valence-electron chi connectivity index (χ1n) is 3.79. The zero-order chi connectivity index (χ0) is 11.2. The fourth-order valence-corrected chi connectivity index (χ4v) is 1.36. The van der Waals surface area contributed by atoms with Crippen molar-refractivity contribution in [2.24, 2.45) is 5.41 Å². The van der Waals surface area contributed by atoms with E-state index in [-0.39, 0.29) is 26.0 Å². The van der Waals surface area contributed by atoms with Crippen LogP contribution in [0.1, 0.15) is 6.92 Å². The Morgan fingerprint density at radius 2 is 1.81 bits per heavy atom. The molecule has 0 saturated heterocycles. The van der Waals surface area contributed by atoms with E-state index in [1.807, 2.05) is 0 Å². The quantitative estimate of drug-likeness (QED) is 0.298. The van der Waals surface area contributed by atoms with E-state index in [2.05, 4.69) is 16.0 Å². The minimum absolute atomic E-state index is 0. The van der Waals surface area contributed by atoms with Crippen LogP contribution in [0.15, 0.2) is 0 Å². The van der Waals surface area contributed by atoms with E-state index in [0.717, 1.165) is 0 Å². The third kappa shape index (κ3) is 9.31. The van der Waals surface area contributed by atoms with Crippen LogP contribution in [-0.2, 0) is 24.1 Å². The van der Waals surface area contributed by atoms with Gasteiger partial charge in [0, 0.05) is 19.1 Å². The fraction of sp³-hybridized carbons (Fsp3) is 0.857. The minimum Gasteiger partial charge on any atom is -0.726 e. The second kappa shape index (κ2) is 7.97. The van der Waals surface area contributed by atoms with Gasteiger partial charge in [-0.2, -0.15) is 0 Å². The van der Waals surface area contributed by atoms with Gasteiger partial charge in [0.2, 0.25) is 10.4 Å². The summed E-state index contributed by atoms with van der Waals surface area (Å²) in [6, 6.07) is 0. The van der Waals surface area contributed by atoms with Crippen molar-refractivity contribution in [3.8, 4) is 0 Å². The maximum atomic E-state index is 10.2. The Bertz CT molecular complexity index is 252. The first-order valence-corrected chi connectivity index (χ1v) is 5.12. The van der Waals surface area contributed by atoms with Crippen molar-refractivity contribution in [2.75, 3.05) is 26.9 Å². The van der Waals surface area contributed by atoms with Gasteiger partial charge in [-0.1, -0.05) is 6.92 Å². The van der Waals surface area contributed by atoms with E-state index >= 15 is 0 Å². The van der Waals surface area contributed by atoms with E-state index < -0.39 is 15.8 Å². The van der Waals surface area contributed by atoms with Crippen LogP contribution in [0.4, 0.5) is 0 Å². The molecular weight excluding hydrogens is 493 g/mol. The molecule has 0 saturated carbocycles. The molecule has 0 aromatic rings. The Labute approximate surface area is 90.2 Å². The fourth-order valence-electron chi connectivity index (χ4n) is 0.934. The van der Waals surface area contributed by atoms with Crippen molar-refractivity contribution in [1.29, 1.82) is 0 Å². The summed E-state index contributed by atoms with van der Waals surface area (Å²) >= 11 is 0. The van der Waals surface area contributed by atoms with Crippen LogP contribution in [-0.4, -0.2) is 39.9 Å². The molecule has 0 amide bonds. The number of hydrogen-bond acceptors (Lipinski definition) is 6. The van der Waals surface area contributed by atoms with Gasteiger partial charge in [-0.25, -0.2) is 15.5 Å². The molecular formula is C7H18NO6RfS-. The largest absolute Gasteiger partial charge is 0.726 e. The molecule has 0 aromatic carbocycles. The van der Waals surface area contributed by atoms with Crippen molar-refractivity contribution in [3.05, 3.63) is 7.11 Å². The van der Waals surface area contributed by atoms with Crippen LogP contribution in [0.3, 0.4) is 0 Å². The van der Waals surface area contributed by atoms with Gasteiger partial charge in [-0.15, -0.1) is 0 Å².